The van der Waals surface area contributed by atoms with Gasteiger partial charge in [-0.1, -0.05) is 39.5 Å². The maximum Gasteiger partial charge on any atom is 0.248 e. The molecule has 0 fully saturated rings. The van der Waals surface area contributed by atoms with E-state index in [9.17, 15) is 9.59 Å². The van der Waals surface area contributed by atoms with Gasteiger partial charge in [-0.2, -0.15) is 0 Å². The van der Waals surface area contributed by atoms with E-state index in [0.717, 1.165) is 12.3 Å². The van der Waals surface area contributed by atoms with Crippen molar-refractivity contribution in [3.05, 3.63) is 0 Å². The van der Waals surface area contributed by atoms with Crippen molar-refractivity contribution < 1.29 is 9.59 Å². The van der Waals surface area contributed by atoms with Crippen LogP contribution in [0.3, 0.4) is 0 Å². The lowest BCUT2D eigenvalue weighted by Crippen LogP contribution is -2.50. The average Bonchev–Trinajstić information content (AvgIpc) is 2.77. The minimum absolute atomic E-state index is 0.0446. The molecule has 2 N–H and O–H groups in total. The predicted molar refractivity (Wildman–Crippen MR) is 79.1 cm³/mol. The molecule has 0 aliphatic carbocycles. The van der Waals surface area contributed by atoms with Gasteiger partial charge >= 0.3 is 0 Å². The molecule has 5 nitrogen and oxygen atoms in total. The van der Waals surface area contributed by atoms with E-state index in [-0.39, 0.29) is 23.7 Å². The molecule has 0 spiro atoms. The number of amidine groups is 1. The summed E-state index contributed by atoms with van der Waals surface area (Å²) in [5.41, 5.74) is 0. The quantitative estimate of drug-likeness (QED) is 0.802. The summed E-state index contributed by atoms with van der Waals surface area (Å²) in [6.45, 7) is 8.54. The van der Waals surface area contributed by atoms with Crippen LogP contribution in [-0.4, -0.2) is 35.3 Å². The molecule has 1 aliphatic heterocycles. The first-order valence-corrected chi connectivity index (χ1v) is 7.66. The Balaban J connectivity index is 2.55. The van der Waals surface area contributed by atoms with Gasteiger partial charge in [-0.25, -0.2) is 0 Å². The SMILES string of the molecule is CC(C)CC(=O)N[C@@H](C(=O)NC1=NCCS1)C(C)C. The van der Waals surface area contributed by atoms with E-state index < -0.39 is 6.04 Å². The number of carbonyl (C=O) groups is 2. The molecule has 0 aromatic heterocycles. The van der Waals surface area contributed by atoms with Gasteiger partial charge in [0.1, 0.15) is 6.04 Å². The molecule has 0 saturated heterocycles. The highest BCUT2D eigenvalue weighted by molar-refractivity contribution is 8.14. The lowest BCUT2D eigenvalue weighted by Gasteiger charge is -2.22. The summed E-state index contributed by atoms with van der Waals surface area (Å²) in [6.07, 6.45) is 0.437. The largest absolute Gasteiger partial charge is 0.344 e. The second-order valence-corrected chi connectivity index (χ2v) is 6.50. The third-order valence-electron chi connectivity index (χ3n) is 2.67. The molecular formula is C13H23N3O2S. The molecule has 1 atom stereocenters. The highest BCUT2D eigenvalue weighted by Gasteiger charge is 2.25. The molecule has 19 heavy (non-hydrogen) atoms. The van der Waals surface area contributed by atoms with Crippen LogP contribution in [0.25, 0.3) is 0 Å². The van der Waals surface area contributed by atoms with Crippen molar-refractivity contribution >= 4 is 28.7 Å². The van der Waals surface area contributed by atoms with Crippen molar-refractivity contribution in [2.75, 3.05) is 12.3 Å². The molecule has 108 valence electrons. The maximum atomic E-state index is 12.1. The van der Waals surface area contributed by atoms with E-state index in [1.807, 2.05) is 27.7 Å². The lowest BCUT2D eigenvalue weighted by molar-refractivity contribution is -0.129. The fourth-order valence-corrected chi connectivity index (χ4v) is 2.46. The van der Waals surface area contributed by atoms with Crippen LogP contribution in [0.1, 0.15) is 34.1 Å². The molecule has 0 radical (unpaired) electrons. The molecule has 1 rings (SSSR count). The van der Waals surface area contributed by atoms with Gasteiger partial charge in [0.2, 0.25) is 11.8 Å². The van der Waals surface area contributed by atoms with Crippen LogP contribution in [0, 0.1) is 11.8 Å². The molecule has 0 unspecified atom stereocenters. The van der Waals surface area contributed by atoms with Crippen molar-refractivity contribution in [1.29, 1.82) is 0 Å². The zero-order valence-corrected chi connectivity index (χ0v) is 12.8. The van der Waals surface area contributed by atoms with Crippen molar-refractivity contribution in [3.8, 4) is 0 Å². The molecule has 0 bridgehead atoms. The van der Waals surface area contributed by atoms with Crippen molar-refractivity contribution in [1.82, 2.24) is 10.6 Å². The van der Waals surface area contributed by atoms with E-state index in [0.29, 0.717) is 11.6 Å². The second kappa shape index (κ2) is 7.53. The summed E-state index contributed by atoms with van der Waals surface area (Å²) in [7, 11) is 0. The number of nitrogens with zero attached hydrogens (tertiary/aromatic N) is 1. The number of carbonyl (C=O) groups excluding carboxylic acids is 2. The highest BCUT2D eigenvalue weighted by Crippen LogP contribution is 2.10. The summed E-state index contributed by atoms with van der Waals surface area (Å²) in [6, 6.07) is -0.504. The molecule has 0 saturated carbocycles. The van der Waals surface area contributed by atoms with Gasteiger partial charge in [-0.3, -0.25) is 14.6 Å². The predicted octanol–water partition coefficient (Wildman–Crippen LogP) is 1.39. The Hall–Kier alpha value is -1.04. The number of amides is 2. The molecule has 1 aliphatic rings. The summed E-state index contributed by atoms with van der Waals surface area (Å²) >= 11 is 1.53. The average molecular weight is 285 g/mol. The van der Waals surface area contributed by atoms with Gasteiger partial charge in [-0.15, -0.1) is 0 Å². The van der Waals surface area contributed by atoms with Crippen LogP contribution in [0.4, 0.5) is 0 Å². The summed E-state index contributed by atoms with van der Waals surface area (Å²) in [5, 5.41) is 6.25. The van der Waals surface area contributed by atoms with Gasteiger partial charge in [-0.05, 0) is 11.8 Å². The first-order chi connectivity index (χ1) is 8.90. The maximum absolute atomic E-state index is 12.1. The van der Waals surface area contributed by atoms with E-state index in [1.165, 1.54) is 11.8 Å². The standard InChI is InChI=1S/C13H23N3O2S/c1-8(2)7-10(17)15-11(9(3)4)12(18)16-13-14-5-6-19-13/h8-9,11H,5-7H2,1-4H3,(H,15,17)(H,14,16,18)/t11-/m1/s1. The highest BCUT2D eigenvalue weighted by atomic mass is 32.2. The summed E-state index contributed by atoms with van der Waals surface area (Å²) in [5.74, 6) is 0.973. The fourth-order valence-electron chi connectivity index (χ4n) is 1.73. The Bertz CT molecular complexity index is 367. The monoisotopic (exact) mass is 285 g/mol. The first kappa shape index (κ1) is 16.0. The number of hydrogen-bond donors (Lipinski definition) is 2. The Morgan fingerprint density at radius 2 is 2.00 bits per heavy atom. The van der Waals surface area contributed by atoms with Gasteiger partial charge in [0.05, 0.1) is 6.54 Å². The van der Waals surface area contributed by atoms with Crippen LogP contribution in [0.2, 0.25) is 0 Å². The van der Waals surface area contributed by atoms with Crippen molar-refractivity contribution in [2.24, 2.45) is 16.8 Å². The fraction of sp³-hybridized carbons (Fsp3) is 0.769. The number of rotatable bonds is 5. The van der Waals surface area contributed by atoms with Gasteiger partial charge in [0, 0.05) is 12.2 Å². The van der Waals surface area contributed by atoms with Gasteiger partial charge < -0.3 is 10.6 Å². The minimum atomic E-state index is -0.504. The third-order valence-corrected chi connectivity index (χ3v) is 3.57. The molecule has 0 aromatic carbocycles. The van der Waals surface area contributed by atoms with E-state index in [4.69, 9.17) is 0 Å². The number of thioether (sulfide) groups is 1. The molecule has 2 amide bonds. The van der Waals surface area contributed by atoms with Crippen molar-refractivity contribution in [3.63, 3.8) is 0 Å². The first-order valence-electron chi connectivity index (χ1n) is 6.67. The van der Waals surface area contributed by atoms with Gasteiger partial charge in [0.25, 0.3) is 0 Å². The van der Waals surface area contributed by atoms with E-state index >= 15 is 0 Å². The minimum Gasteiger partial charge on any atom is -0.344 e. The zero-order chi connectivity index (χ0) is 14.4. The third kappa shape index (κ3) is 5.63. The topological polar surface area (TPSA) is 70.6 Å². The van der Waals surface area contributed by atoms with Gasteiger partial charge in [0.15, 0.2) is 5.17 Å². The lowest BCUT2D eigenvalue weighted by atomic mass is 10.0. The number of nitrogens with one attached hydrogen (secondary N) is 2. The van der Waals surface area contributed by atoms with Crippen LogP contribution in [0.15, 0.2) is 4.99 Å². The molecular weight excluding hydrogens is 262 g/mol. The zero-order valence-electron chi connectivity index (χ0n) is 12.0. The summed E-state index contributed by atoms with van der Waals surface area (Å²) < 4.78 is 0. The number of hydrogen-bond acceptors (Lipinski definition) is 4. The van der Waals surface area contributed by atoms with Crippen LogP contribution in [-0.2, 0) is 9.59 Å². The van der Waals surface area contributed by atoms with E-state index in [2.05, 4.69) is 15.6 Å². The molecule has 1 heterocycles. The Morgan fingerprint density at radius 3 is 2.47 bits per heavy atom. The van der Waals surface area contributed by atoms with E-state index in [1.54, 1.807) is 0 Å². The summed E-state index contributed by atoms with van der Waals surface area (Å²) in [4.78, 5) is 28.1. The van der Waals surface area contributed by atoms with Crippen molar-refractivity contribution in [2.45, 2.75) is 40.2 Å². The van der Waals surface area contributed by atoms with Crippen LogP contribution >= 0.6 is 11.8 Å². The Morgan fingerprint density at radius 1 is 1.32 bits per heavy atom. The Labute approximate surface area is 119 Å². The second-order valence-electron chi connectivity index (χ2n) is 5.41. The molecule has 0 aromatic rings. The Kier molecular flexibility index (Phi) is 6.34. The van der Waals surface area contributed by atoms with Crippen LogP contribution < -0.4 is 10.6 Å². The normalized spacial score (nSPS) is 16.4. The number of aliphatic imine (C=N–C) groups is 1. The molecule has 6 heteroatoms. The van der Waals surface area contributed by atoms with Crippen LogP contribution in [0.5, 0.6) is 0 Å². The smallest absolute Gasteiger partial charge is 0.248 e.